The van der Waals surface area contributed by atoms with Gasteiger partial charge in [0, 0.05) is 24.2 Å². The van der Waals surface area contributed by atoms with Crippen molar-refractivity contribution >= 4 is 11.8 Å². The second-order valence-corrected chi connectivity index (χ2v) is 10.5. The van der Waals surface area contributed by atoms with Gasteiger partial charge >= 0.3 is 5.97 Å². The fourth-order valence-corrected chi connectivity index (χ4v) is 7.55. The summed E-state index contributed by atoms with van der Waals surface area (Å²) in [4.78, 5) is 24.1. The third-order valence-corrected chi connectivity index (χ3v) is 9.02. The molecule has 3 nitrogen and oxygen atoms in total. The Morgan fingerprint density at radius 2 is 1.69 bits per heavy atom. The number of rotatable bonds is 1. The molecule has 4 aliphatic carbocycles. The van der Waals surface area contributed by atoms with Gasteiger partial charge in [-0.05, 0) is 61.2 Å². The summed E-state index contributed by atoms with van der Waals surface area (Å²) in [5, 5.41) is 0. The Morgan fingerprint density at radius 1 is 1.00 bits per heavy atom. The molecule has 3 fully saturated rings. The highest BCUT2D eigenvalue weighted by molar-refractivity contribution is 5.85. The second kappa shape index (κ2) is 5.69. The van der Waals surface area contributed by atoms with Crippen LogP contribution in [0.3, 0.4) is 0 Å². The molecule has 0 saturated heterocycles. The van der Waals surface area contributed by atoms with Crippen LogP contribution in [-0.2, 0) is 14.3 Å². The quantitative estimate of drug-likeness (QED) is 0.492. The van der Waals surface area contributed by atoms with Gasteiger partial charge in [-0.25, -0.2) is 0 Å². The predicted molar refractivity (Wildman–Crippen MR) is 101 cm³/mol. The molecular weight excluding hydrogens is 324 g/mol. The van der Waals surface area contributed by atoms with Gasteiger partial charge in [-0.15, -0.1) is 0 Å². The molecule has 0 unspecified atom stereocenters. The zero-order chi connectivity index (χ0) is 18.9. The van der Waals surface area contributed by atoms with Gasteiger partial charge in [-0.1, -0.05) is 39.8 Å². The molecule has 26 heavy (non-hydrogen) atoms. The molecule has 144 valence electrons. The highest BCUT2D eigenvalue weighted by Gasteiger charge is 2.62. The third kappa shape index (κ3) is 2.31. The van der Waals surface area contributed by atoms with Crippen LogP contribution in [0.15, 0.2) is 12.2 Å². The fraction of sp³-hybridized carbons (Fsp3) is 0.826. The summed E-state index contributed by atoms with van der Waals surface area (Å²) in [6, 6.07) is 0. The first-order valence-electron chi connectivity index (χ1n) is 10.5. The molecule has 3 heteroatoms. The van der Waals surface area contributed by atoms with Crippen LogP contribution in [0.1, 0.15) is 73.1 Å². The molecule has 0 aromatic heterocycles. The van der Waals surface area contributed by atoms with Crippen molar-refractivity contribution in [3.8, 4) is 0 Å². The monoisotopic (exact) mass is 358 g/mol. The van der Waals surface area contributed by atoms with Crippen LogP contribution in [-0.4, -0.2) is 17.9 Å². The van der Waals surface area contributed by atoms with Crippen molar-refractivity contribution in [2.45, 2.75) is 79.2 Å². The van der Waals surface area contributed by atoms with E-state index in [0.717, 1.165) is 32.1 Å². The van der Waals surface area contributed by atoms with E-state index in [-0.39, 0.29) is 28.3 Å². The van der Waals surface area contributed by atoms with E-state index in [2.05, 4.69) is 39.8 Å². The van der Waals surface area contributed by atoms with Crippen LogP contribution in [0.4, 0.5) is 0 Å². The van der Waals surface area contributed by atoms with Crippen molar-refractivity contribution in [1.29, 1.82) is 0 Å². The van der Waals surface area contributed by atoms with Gasteiger partial charge in [0.2, 0.25) is 0 Å². The molecule has 0 amide bonds. The van der Waals surface area contributed by atoms with Crippen molar-refractivity contribution < 1.29 is 14.3 Å². The number of hydrogen-bond donors (Lipinski definition) is 0. The minimum Gasteiger partial charge on any atom is -0.462 e. The van der Waals surface area contributed by atoms with E-state index < -0.39 is 0 Å². The van der Waals surface area contributed by atoms with Gasteiger partial charge in [0.15, 0.2) is 0 Å². The number of allylic oxidation sites excluding steroid dienone is 2. The van der Waals surface area contributed by atoms with Crippen LogP contribution < -0.4 is 0 Å². The average molecular weight is 359 g/mol. The van der Waals surface area contributed by atoms with Crippen molar-refractivity contribution in [3.05, 3.63) is 12.2 Å². The van der Waals surface area contributed by atoms with E-state index in [1.165, 1.54) is 13.3 Å². The number of hydrogen-bond acceptors (Lipinski definition) is 3. The Bertz CT molecular complexity index is 662. The number of ketones is 1. The molecule has 7 atom stereocenters. The smallest absolute Gasteiger partial charge is 0.302 e. The zero-order valence-electron chi connectivity index (χ0n) is 17.0. The molecule has 0 N–H and O–H groups in total. The van der Waals surface area contributed by atoms with Gasteiger partial charge in [-0.3, -0.25) is 9.59 Å². The Kier molecular flexibility index (Phi) is 3.99. The van der Waals surface area contributed by atoms with Gasteiger partial charge in [0.25, 0.3) is 0 Å². The number of carbonyl (C=O) groups excluding carboxylic acids is 2. The molecule has 4 rings (SSSR count). The van der Waals surface area contributed by atoms with Gasteiger partial charge < -0.3 is 4.74 Å². The van der Waals surface area contributed by atoms with Crippen molar-refractivity contribution in [2.24, 2.45) is 39.9 Å². The number of fused-ring (bicyclic) bond motifs is 5. The molecule has 0 bridgehead atoms. The normalized spacial score (nSPS) is 49.1. The van der Waals surface area contributed by atoms with Crippen LogP contribution in [0.25, 0.3) is 0 Å². The summed E-state index contributed by atoms with van der Waals surface area (Å²) in [6.07, 6.45) is 11.2. The minimum absolute atomic E-state index is 0.0780. The lowest BCUT2D eigenvalue weighted by atomic mass is 9.43. The van der Waals surface area contributed by atoms with Crippen LogP contribution >= 0.6 is 0 Å². The average Bonchev–Trinajstić information content (AvgIpc) is 2.88. The highest BCUT2D eigenvalue weighted by Crippen LogP contribution is 2.66. The van der Waals surface area contributed by atoms with Crippen LogP contribution in [0.5, 0.6) is 0 Å². The maximum atomic E-state index is 12.6. The lowest BCUT2D eigenvalue weighted by Crippen LogP contribution is -2.57. The fourth-order valence-electron chi connectivity index (χ4n) is 7.55. The predicted octanol–water partition coefficient (Wildman–Crippen LogP) is 4.94. The van der Waals surface area contributed by atoms with E-state index in [9.17, 15) is 9.59 Å². The Labute approximate surface area is 157 Å². The summed E-state index contributed by atoms with van der Waals surface area (Å²) in [6.45, 7) is 10.7. The van der Waals surface area contributed by atoms with Gasteiger partial charge in [0.1, 0.15) is 11.9 Å². The number of esters is 1. The molecule has 0 aromatic rings. The lowest BCUT2D eigenvalue weighted by Gasteiger charge is -2.60. The first-order chi connectivity index (χ1) is 12.1. The van der Waals surface area contributed by atoms with Crippen molar-refractivity contribution in [3.63, 3.8) is 0 Å². The van der Waals surface area contributed by atoms with E-state index in [1.807, 2.05) is 0 Å². The highest BCUT2D eigenvalue weighted by atomic mass is 16.5. The van der Waals surface area contributed by atoms with Gasteiger partial charge in [-0.2, -0.15) is 0 Å². The Hall–Kier alpha value is -1.12. The van der Waals surface area contributed by atoms with E-state index >= 15 is 0 Å². The minimum atomic E-state index is -0.245. The Balaban J connectivity index is 1.68. The lowest BCUT2D eigenvalue weighted by molar-refractivity contribution is -0.159. The summed E-state index contributed by atoms with van der Waals surface area (Å²) in [5.41, 5.74) is 0.0865. The zero-order valence-corrected chi connectivity index (χ0v) is 17.0. The number of carbonyl (C=O) groups is 2. The number of Topliss-reactive ketones (excluding diaryl/α,β-unsaturated/α-hetero) is 1. The first-order valence-corrected chi connectivity index (χ1v) is 10.5. The van der Waals surface area contributed by atoms with E-state index in [1.54, 1.807) is 0 Å². The second-order valence-electron chi connectivity index (χ2n) is 10.5. The van der Waals surface area contributed by atoms with Crippen molar-refractivity contribution in [1.82, 2.24) is 0 Å². The van der Waals surface area contributed by atoms with Crippen LogP contribution in [0.2, 0.25) is 0 Å². The van der Waals surface area contributed by atoms with Gasteiger partial charge in [0.05, 0.1) is 0 Å². The maximum absolute atomic E-state index is 12.6. The van der Waals surface area contributed by atoms with Crippen LogP contribution in [0, 0.1) is 39.9 Å². The molecule has 0 heterocycles. The van der Waals surface area contributed by atoms with E-state index in [4.69, 9.17) is 4.74 Å². The summed E-state index contributed by atoms with van der Waals surface area (Å²) >= 11 is 0. The SMILES string of the molecule is CC(=O)O[C@H]1CC[C@H]2[C@@H]3C=C[C@H]4C(C)(C)C(=O)CC[C@]4(C)[C@H]3CC[C@]12C. The topological polar surface area (TPSA) is 43.4 Å². The molecule has 0 aliphatic heterocycles. The molecule has 0 radical (unpaired) electrons. The maximum Gasteiger partial charge on any atom is 0.302 e. The summed E-state index contributed by atoms with van der Waals surface area (Å²) in [5.74, 6) is 2.46. The molecule has 4 aliphatic rings. The molecule has 0 spiro atoms. The molecule has 3 saturated carbocycles. The van der Waals surface area contributed by atoms with E-state index in [0.29, 0.717) is 29.5 Å². The largest absolute Gasteiger partial charge is 0.462 e. The van der Waals surface area contributed by atoms with Crippen molar-refractivity contribution in [2.75, 3.05) is 0 Å². The summed E-state index contributed by atoms with van der Waals surface area (Å²) < 4.78 is 5.73. The molecule has 0 aromatic carbocycles. The standard InChI is InChI=1S/C23H34O3/c1-14(24)26-20-9-7-16-15-6-8-18-21(2,3)19(25)11-13-22(18,4)17(15)10-12-23(16,20)5/h6,8,15-18,20H,7,9-13H2,1-5H3/t15-,16-,17-,18-,20-,22+,23-/m0/s1. The third-order valence-electron chi connectivity index (χ3n) is 9.02. The molecular formula is C23H34O3. The first kappa shape index (κ1) is 18.3. The summed E-state index contributed by atoms with van der Waals surface area (Å²) in [7, 11) is 0. The Morgan fingerprint density at radius 3 is 2.38 bits per heavy atom. The number of ether oxygens (including phenoxy) is 1.